The molecule has 84 valence electrons. The average molecular weight is 253 g/mol. The van der Waals surface area contributed by atoms with Crippen LogP contribution in [0, 0.1) is 6.92 Å². The summed E-state index contributed by atoms with van der Waals surface area (Å²) in [6.45, 7) is 2.00. The molecule has 2 nitrogen and oxygen atoms in total. The molecule has 0 aliphatic carbocycles. The van der Waals surface area contributed by atoms with Crippen LogP contribution in [0.1, 0.15) is 22.2 Å². The Labute approximate surface area is 104 Å². The topological polar surface area (TPSA) is 38.9 Å². The minimum absolute atomic E-state index is 0.0684. The Morgan fingerprint density at radius 3 is 2.88 bits per heavy atom. The van der Waals surface area contributed by atoms with Gasteiger partial charge in [0.05, 0.1) is 5.02 Å². The second kappa shape index (κ2) is 4.95. The molecule has 1 unspecified atom stereocenters. The summed E-state index contributed by atoms with van der Waals surface area (Å²) in [4.78, 5) is 5.31. The largest absolute Gasteiger partial charge is 0.323 e. The Bertz CT molecular complexity index is 467. The van der Waals surface area contributed by atoms with Gasteiger partial charge in [0.2, 0.25) is 0 Å². The van der Waals surface area contributed by atoms with Crippen LogP contribution in [0.4, 0.5) is 0 Å². The summed E-state index contributed by atoms with van der Waals surface area (Å²) in [5, 5.41) is 2.84. The van der Waals surface area contributed by atoms with Crippen molar-refractivity contribution in [3.05, 3.63) is 50.9 Å². The maximum absolute atomic E-state index is 6.18. The first-order chi connectivity index (χ1) is 7.68. The Hall–Kier alpha value is -0.900. The second-order valence-electron chi connectivity index (χ2n) is 3.73. The second-order valence-corrected chi connectivity index (χ2v) is 5.02. The van der Waals surface area contributed by atoms with E-state index in [0.29, 0.717) is 0 Å². The quantitative estimate of drug-likeness (QED) is 0.910. The first kappa shape index (κ1) is 11.6. The standard InChI is InChI=1S/C12H13ClN2S/c1-8-7-16-12(11(8)13)10(14)6-9-4-2-3-5-15-9/h2-5,7,10H,6,14H2,1H3. The van der Waals surface area contributed by atoms with Crippen molar-refractivity contribution in [3.63, 3.8) is 0 Å². The molecule has 2 aromatic rings. The predicted octanol–water partition coefficient (Wildman–Crippen LogP) is 3.35. The molecule has 0 amide bonds. The number of rotatable bonds is 3. The summed E-state index contributed by atoms with van der Waals surface area (Å²) in [6.07, 6.45) is 2.50. The van der Waals surface area contributed by atoms with Gasteiger partial charge in [-0.15, -0.1) is 11.3 Å². The fourth-order valence-corrected chi connectivity index (χ4v) is 2.87. The summed E-state index contributed by atoms with van der Waals surface area (Å²) in [5.74, 6) is 0. The molecule has 16 heavy (non-hydrogen) atoms. The Balaban J connectivity index is 2.15. The van der Waals surface area contributed by atoms with Crippen molar-refractivity contribution in [3.8, 4) is 0 Å². The van der Waals surface area contributed by atoms with Crippen LogP contribution in [-0.2, 0) is 6.42 Å². The third-order valence-electron chi connectivity index (χ3n) is 2.42. The lowest BCUT2D eigenvalue weighted by Crippen LogP contribution is -2.13. The van der Waals surface area contributed by atoms with Crippen LogP contribution in [0.5, 0.6) is 0 Å². The van der Waals surface area contributed by atoms with Crippen molar-refractivity contribution in [1.82, 2.24) is 4.98 Å². The van der Waals surface area contributed by atoms with E-state index >= 15 is 0 Å². The molecule has 2 rings (SSSR count). The number of nitrogens with zero attached hydrogens (tertiary/aromatic N) is 1. The number of hydrogen-bond acceptors (Lipinski definition) is 3. The molecule has 0 saturated heterocycles. The van der Waals surface area contributed by atoms with Gasteiger partial charge in [0.1, 0.15) is 0 Å². The van der Waals surface area contributed by atoms with E-state index in [1.165, 1.54) is 0 Å². The van der Waals surface area contributed by atoms with Gasteiger partial charge in [-0.05, 0) is 30.0 Å². The third kappa shape index (κ3) is 2.43. The van der Waals surface area contributed by atoms with Gasteiger partial charge in [-0.3, -0.25) is 4.98 Å². The van der Waals surface area contributed by atoms with E-state index in [0.717, 1.165) is 27.6 Å². The molecule has 0 aromatic carbocycles. The molecule has 0 aliphatic rings. The van der Waals surface area contributed by atoms with E-state index in [2.05, 4.69) is 4.98 Å². The van der Waals surface area contributed by atoms with Crippen molar-refractivity contribution in [2.45, 2.75) is 19.4 Å². The number of nitrogens with two attached hydrogens (primary N) is 1. The summed E-state index contributed by atoms with van der Waals surface area (Å²) in [5.41, 5.74) is 8.22. The molecule has 0 bridgehead atoms. The number of aromatic nitrogens is 1. The summed E-state index contributed by atoms with van der Waals surface area (Å²) < 4.78 is 0. The minimum Gasteiger partial charge on any atom is -0.323 e. The molecule has 0 saturated carbocycles. The molecule has 2 aromatic heterocycles. The highest BCUT2D eigenvalue weighted by Crippen LogP contribution is 2.32. The number of thiophene rings is 1. The van der Waals surface area contributed by atoms with Gasteiger partial charge < -0.3 is 5.73 Å². The zero-order valence-corrected chi connectivity index (χ0v) is 10.6. The van der Waals surface area contributed by atoms with Crippen molar-refractivity contribution < 1.29 is 0 Å². The van der Waals surface area contributed by atoms with Crippen molar-refractivity contribution in [2.75, 3.05) is 0 Å². The molecule has 2 heterocycles. The van der Waals surface area contributed by atoms with Gasteiger partial charge in [-0.25, -0.2) is 0 Å². The average Bonchev–Trinajstić information content (AvgIpc) is 2.61. The van der Waals surface area contributed by atoms with Gasteiger partial charge in [-0.2, -0.15) is 0 Å². The molecule has 0 fully saturated rings. The van der Waals surface area contributed by atoms with Crippen LogP contribution in [0.2, 0.25) is 5.02 Å². The Morgan fingerprint density at radius 2 is 2.31 bits per heavy atom. The van der Waals surface area contributed by atoms with Gasteiger partial charge >= 0.3 is 0 Å². The highest BCUT2D eigenvalue weighted by atomic mass is 35.5. The van der Waals surface area contributed by atoms with E-state index in [4.69, 9.17) is 17.3 Å². The summed E-state index contributed by atoms with van der Waals surface area (Å²) in [7, 11) is 0. The zero-order chi connectivity index (χ0) is 11.5. The molecular weight excluding hydrogens is 240 g/mol. The van der Waals surface area contributed by atoms with Crippen LogP contribution in [-0.4, -0.2) is 4.98 Å². The smallest absolute Gasteiger partial charge is 0.0590 e. The number of pyridine rings is 1. The number of halogens is 1. The third-order valence-corrected chi connectivity index (χ3v) is 4.26. The van der Waals surface area contributed by atoms with E-state index < -0.39 is 0 Å². The lowest BCUT2D eigenvalue weighted by molar-refractivity contribution is 0.720. The molecule has 4 heteroatoms. The lowest BCUT2D eigenvalue weighted by atomic mass is 10.1. The Morgan fingerprint density at radius 1 is 1.50 bits per heavy atom. The Kier molecular flexibility index (Phi) is 3.59. The normalized spacial score (nSPS) is 12.7. The van der Waals surface area contributed by atoms with Crippen LogP contribution in [0.25, 0.3) is 0 Å². The van der Waals surface area contributed by atoms with Crippen molar-refractivity contribution in [1.29, 1.82) is 0 Å². The van der Waals surface area contributed by atoms with Crippen molar-refractivity contribution >= 4 is 22.9 Å². The highest BCUT2D eigenvalue weighted by Gasteiger charge is 2.14. The van der Waals surface area contributed by atoms with Crippen molar-refractivity contribution in [2.24, 2.45) is 5.73 Å². The fourth-order valence-electron chi connectivity index (χ4n) is 1.54. The number of aryl methyl sites for hydroxylation is 1. The summed E-state index contributed by atoms with van der Waals surface area (Å²) in [6, 6.07) is 5.78. The fraction of sp³-hybridized carbons (Fsp3) is 0.250. The first-order valence-corrected chi connectivity index (χ1v) is 6.33. The molecular formula is C12H13ClN2S. The van der Waals surface area contributed by atoms with Crippen LogP contribution in [0.3, 0.4) is 0 Å². The van der Waals surface area contributed by atoms with Crippen LogP contribution < -0.4 is 5.73 Å². The van der Waals surface area contributed by atoms with E-state index in [1.807, 2.05) is 30.5 Å². The van der Waals surface area contributed by atoms with Crippen LogP contribution >= 0.6 is 22.9 Å². The van der Waals surface area contributed by atoms with Crippen LogP contribution in [0.15, 0.2) is 29.8 Å². The van der Waals surface area contributed by atoms with E-state index in [-0.39, 0.29) is 6.04 Å². The van der Waals surface area contributed by atoms with Gasteiger partial charge in [0.15, 0.2) is 0 Å². The maximum Gasteiger partial charge on any atom is 0.0590 e. The molecule has 0 aliphatic heterocycles. The summed E-state index contributed by atoms with van der Waals surface area (Å²) >= 11 is 7.80. The molecule has 0 radical (unpaired) electrons. The maximum atomic E-state index is 6.18. The van der Waals surface area contributed by atoms with E-state index in [9.17, 15) is 0 Å². The van der Waals surface area contributed by atoms with E-state index in [1.54, 1.807) is 17.5 Å². The first-order valence-electron chi connectivity index (χ1n) is 5.07. The molecule has 2 N–H and O–H groups in total. The predicted molar refractivity (Wildman–Crippen MR) is 68.9 cm³/mol. The minimum atomic E-state index is -0.0684. The van der Waals surface area contributed by atoms with Gasteiger partial charge in [0.25, 0.3) is 0 Å². The number of hydrogen-bond donors (Lipinski definition) is 1. The lowest BCUT2D eigenvalue weighted by Gasteiger charge is -2.09. The molecule has 0 spiro atoms. The molecule has 1 atom stereocenters. The monoisotopic (exact) mass is 252 g/mol. The SMILES string of the molecule is Cc1csc(C(N)Cc2ccccn2)c1Cl. The van der Waals surface area contributed by atoms with Gasteiger partial charge in [0, 0.05) is 29.2 Å². The van der Waals surface area contributed by atoms with Gasteiger partial charge in [-0.1, -0.05) is 17.7 Å². The highest BCUT2D eigenvalue weighted by molar-refractivity contribution is 7.10. The zero-order valence-electron chi connectivity index (χ0n) is 8.98.